The van der Waals surface area contributed by atoms with Crippen molar-refractivity contribution < 1.29 is 22.7 Å². The van der Waals surface area contributed by atoms with E-state index in [-0.39, 0.29) is 10.5 Å². The van der Waals surface area contributed by atoms with Gasteiger partial charge in [-0.3, -0.25) is 4.79 Å². The van der Waals surface area contributed by atoms with Crippen LogP contribution in [0, 0.1) is 6.92 Å². The fraction of sp³-hybridized carbons (Fsp3) is 0.333. The summed E-state index contributed by atoms with van der Waals surface area (Å²) in [4.78, 5) is 24.5. The number of hydrogen-bond donors (Lipinski definition) is 1. The minimum Gasteiger partial charge on any atom is -0.452 e. The zero-order valence-corrected chi connectivity index (χ0v) is 19.0. The molecular weight excluding hydrogens is 472 g/mol. The van der Waals surface area contributed by atoms with E-state index in [1.807, 2.05) is 0 Å². The Morgan fingerprint density at radius 3 is 2.40 bits per heavy atom. The van der Waals surface area contributed by atoms with Crippen LogP contribution in [0.2, 0.25) is 0 Å². The number of aryl methyl sites for hydroxylation is 1. The first-order valence-corrected chi connectivity index (χ1v) is 11.8. The molecule has 1 N–H and O–H groups in total. The average molecular weight is 495 g/mol. The van der Waals surface area contributed by atoms with E-state index < -0.39 is 28.5 Å². The molecule has 2 aromatic carbocycles. The zero-order valence-electron chi connectivity index (χ0n) is 16.6. The summed E-state index contributed by atoms with van der Waals surface area (Å²) in [6.07, 6.45) is 2.67. The molecule has 1 saturated heterocycles. The van der Waals surface area contributed by atoms with Gasteiger partial charge in [-0.15, -0.1) is 0 Å². The van der Waals surface area contributed by atoms with Crippen molar-refractivity contribution >= 4 is 43.5 Å². The Hall–Kier alpha value is -2.23. The largest absolute Gasteiger partial charge is 0.452 e. The minimum absolute atomic E-state index is 0.0904. The number of rotatable bonds is 6. The highest BCUT2D eigenvalue weighted by molar-refractivity contribution is 9.10. The lowest BCUT2D eigenvalue weighted by Crippen LogP contribution is -2.36. The van der Waals surface area contributed by atoms with Gasteiger partial charge in [0, 0.05) is 23.2 Å². The number of carbonyl (C=O) groups excluding carboxylic acids is 2. The number of hydrogen-bond acceptors (Lipinski definition) is 5. The van der Waals surface area contributed by atoms with Gasteiger partial charge in [0.15, 0.2) is 6.61 Å². The van der Waals surface area contributed by atoms with E-state index >= 15 is 0 Å². The van der Waals surface area contributed by atoms with Gasteiger partial charge in [-0.1, -0.05) is 28.4 Å². The van der Waals surface area contributed by atoms with Gasteiger partial charge in [-0.25, -0.2) is 13.2 Å². The van der Waals surface area contributed by atoms with Crippen LogP contribution < -0.4 is 5.32 Å². The quantitative estimate of drug-likeness (QED) is 0.617. The Bertz CT molecular complexity index is 1030. The van der Waals surface area contributed by atoms with Gasteiger partial charge in [0.25, 0.3) is 5.91 Å². The third-order valence-corrected chi connectivity index (χ3v) is 7.39. The molecule has 9 heteroatoms. The Labute approximate surface area is 184 Å². The van der Waals surface area contributed by atoms with Crippen LogP contribution in [0.5, 0.6) is 0 Å². The van der Waals surface area contributed by atoms with Crippen molar-refractivity contribution in [1.82, 2.24) is 4.31 Å². The number of anilines is 1. The molecule has 0 aliphatic carbocycles. The molecule has 30 heavy (non-hydrogen) atoms. The first-order valence-electron chi connectivity index (χ1n) is 9.61. The number of halogens is 1. The Morgan fingerprint density at radius 2 is 1.73 bits per heavy atom. The van der Waals surface area contributed by atoms with Gasteiger partial charge in [0.1, 0.15) is 0 Å². The van der Waals surface area contributed by atoms with Crippen LogP contribution in [0.3, 0.4) is 0 Å². The molecule has 0 radical (unpaired) electrons. The van der Waals surface area contributed by atoms with E-state index in [4.69, 9.17) is 4.74 Å². The number of nitrogens with zero attached hydrogens (tertiary/aromatic N) is 1. The average Bonchev–Trinajstić information content (AvgIpc) is 2.74. The highest BCUT2D eigenvalue weighted by atomic mass is 79.9. The molecule has 1 fully saturated rings. The van der Waals surface area contributed by atoms with E-state index in [0.29, 0.717) is 24.3 Å². The summed E-state index contributed by atoms with van der Waals surface area (Å²) in [6, 6.07) is 11.4. The van der Waals surface area contributed by atoms with Crippen molar-refractivity contribution in [3.8, 4) is 0 Å². The number of esters is 1. The molecule has 3 rings (SSSR count). The van der Waals surface area contributed by atoms with Crippen molar-refractivity contribution in [2.75, 3.05) is 25.0 Å². The van der Waals surface area contributed by atoms with Gasteiger partial charge < -0.3 is 10.1 Å². The number of benzene rings is 2. The van der Waals surface area contributed by atoms with Crippen molar-refractivity contribution in [3.63, 3.8) is 0 Å². The summed E-state index contributed by atoms with van der Waals surface area (Å²) in [5.74, 6) is -1.24. The molecule has 1 amide bonds. The van der Waals surface area contributed by atoms with Crippen LogP contribution in [-0.2, 0) is 19.6 Å². The second-order valence-electron chi connectivity index (χ2n) is 7.08. The predicted molar refractivity (Wildman–Crippen MR) is 117 cm³/mol. The van der Waals surface area contributed by atoms with E-state index in [0.717, 1.165) is 23.7 Å². The maximum atomic E-state index is 13.0. The predicted octanol–water partition coefficient (Wildman–Crippen LogP) is 3.73. The van der Waals surface area contributed by atoms with Crippen LogP contribution in [-0.4, -0.2) is 44.3 Å². The Kier molecular flexibility index (Phi) is 7.27. The topological polar surface area (TPSA) is 92.8 Å². The molecule has 0 unspecified atom stereocenters. The third kappa shape index (κ3) is 5.47. The first kappa shape index (κ1) is 22.5. The normalized spacial score (nSPS) is 14.9. The molecule has 0 saturated carbocycles. The van der Waals surface area contributed by atoms with Gasteiger partial charge in [-0.05, 0) is 61.7 Å². The first-order chi connectivity index (χ1) is 14.3. The highest BCUT2D eigenvalue weighted by Crippen LogP contribution is 2.24. The molecule has 0 bridgehead atoms. The van der Waals surface area contributed by atoms with E-state index in [2.05, 4.69) is 21.2 Å². The number of carbonyl (C=O) groups is 2. The zero-order chi connectivity index (χ0) is 21.7. The lowest BCUT2D eigenvalue weighted by Gasteiger charge is -2.26. The molecule has 0 spiro atoms. The molecule has 2 aromatic rings. The fourth-order valence-electron chi connectivity index (χ4n) is 3.19. The molecule has 160 valence electrons. The van der Waals surface area contributed by atoms with Crippen molar-refractivity contribution in [1.29, 1.82) is 0 Å². The molecule has 0 atom stereocenters. The van der Waals surface area contributed by atoms with E-state index in [9.17, 15) is 18.0 Å². The number of amides is 1. The molecule has 1 heterocycles. The van der Waals surface area contributed by atoms with Gasteiger partial charge >= 0.3 is 5.97 Å². The summed E-state index contributed by atoms with van der Waals surface area (Å²) < 4.78 is 33.4. The van der Waals surface area contributed by atoms with Crippen molar-refractivity contribution in [2.45, 2.75) is 31.1 Å². The lowest BCUT2D eigenvalue weighted by atomic mass is 10.1. The van der Waals surface area contributed by atoms with Gasteiger partial charge in [0.05, 0.1) is 10.5 Å². The summed E-state index contributed by atoms with van der Waals surface area (Å²) in [5, 5.41) is 2.62. The number of nitrogens with one attached hydrogen (secondary N) is 1. The second kappa shape index (κ2) is 9.72. The van der Waals surface area contributed by atoms with Crippen LogP contribution in [0.25, 0.3) is 0 Å². The second-order valence-corrected chi connectivity index (χ2v) is 9.90. The molecule has 7 nitrogen and oxygen atoms in total. The number of ether oxygens (including phenoxy) is 1. The smallest absolute Gasteiger partial charge is 0.338 e. The number of sulfonamides is 1. The summed E-state index contributed by atoms with van der Waals surface area (Å²) in [5.41, 5.74) is 1.22. The Balaban J connectivity index is 1.67. The van der Waals surface area contributed by atoms with Crippen LogP contribution in [0.15, 0.2) is 51.8 Å². The summed E-state index contributed by atoms with van der Waals surface area (Å²) in [7, 11) is -3.68. The monoisotopic (exact) mass is 494 g/mol. The van der Waals surface area contributed by atoms with Crippen LogP contribution >= 0.6 is 15.9 Å². The Morgan fingerprint density at radius 1 is 1.07 bits per heavy atom. The molecule has 1 aliphatic heterocycles. The van der Waals surface area contributed by atoms with E-state index in [1.165, 1.54) is 16.4 Å². The summed E-state index contributed by atoms with van der Waals surface area (Å²) in [6.45, 7) is 2.17. The maximum Gasteiger partial charge on any atom is 0.338 e. The van der Waals surface area contributed by atoms with E-state index in [1.54, 1.807) is 37.3 Å². The van der Waals surface area contributed by atoms with Gasteiger partial charge in [-0.2, -0.15) is 4.31 Å². The summed E-state index contributed by atoms with van der Waals surface area (Å²) >= 11 is 3.31. The SMILES string of the molecule is Cc1ccc(C(=O)OCC(=O)Nc2ccc(Br)cc2)cc1S(=O)(=O)N1CCCCC1. The molecule has 1 aliphatic rings. The van der Waals surface area contributed by atoms with Crippen LogP contribution in [0.4, 0.5) is 5.69 Å². The maximum absolute atomic E-state index is 13.0. The lowest BCUT2D eigenvalue weighted by molar-refractivity contribution is -0.119. The highest BCUT2D eigenvalue weighted by Gasteiger charge is 2.28. The van der Waals surface area contributed by atoms with Crippen molar-refractivity contribution in [3.05, 3.63) is 58.1 Å². The molecule has 0 aromatic heterocycles. The number of piperidine rings is 1. The van der Waals surface area contributed by atoms with Crippen molar-refractivity contribution in [2.24, 2.45) is 0 Å². The molecular formula is C21H23BrN2O5S. The fourth-order valence-corrected chi connectivity index (χ4v) is 5.23. The minimum atomic E-state index is -3.68. The van der Waals surface area contributed by atoms with Crippen LogP contribution in [0.1, 0.15) is 35.2 Å². The third-order valence-electron chi connectivity index (χ3n) is 4.82. The standard InChI is InChI=1S/C21H23BrN2O5S/c1-15-5-6-16(13-19(15)30(27,28)24-11-3-2-4-12-24)21(26)29-14-20(25)23-18-9-7-17(22)8-10-18/h5-10,13H,2-4,11-12,14H2,1H3,(H,23,25). The van der Waals surface area contributed by atoms with Gasteiger partial charge in [0.2, 0.25) is 10.0 Å².